The zero-order valence-corrected chi connectivity index (χ0v) is 13.2. The lowest BCUT2D eigenvalue weighted by Crippen LogP contribution is -2.55. The van der Waals surface area contributed by atoms with Crippen LogP contribution in [0.5, 0.6) is 5.88 Å². The number of carbonyl (C=O) groups excluding carboxylic acids is 1. The van der Waals surface area contributed by atoms with Crippen molar-refractivity contribution in [2.45, 2.75) is 19.0 Å². The first-order valence-corrected chi connectivity index (χ1v) is 7.80. The number of nitrogens with zero attached hydrogens (tertiary/aromatic N) is 2. The molecule has 2 aromatic rings. The van der Waals surface area contributed by atoms with Gasteiger partial charge in [-0.25, -0.2) is 4.98 Å². The van der Waals surface area contributed by atoms with Crippen molar-refractivity contribution in [2.24, 2.45) is 0 Å². The minimum absolute atomic E-state index is 0.113. The molecule has 5 nitrogen and oxygen atoms in total. The van der Waals surface area contributed by atoms with Crippen LogP contribution in [0.4, 0.5) is 0 Å². The SMILES string of the molecule is COc1cccc(CN2C(=O)CNC[C@@H]2Cc2ccccc2)n1. The minimum Gasteiger partial charge on any atom is -0.481 e. The van der Waals surface area contributed by atoms with E-state index in [1.54, 1.807) is 7.11 Å². The van der Waals surface area contributed by atoms with Crippen molar-refractivity contribution in [3.63, 3.8) is 0 Å². The second kappa shape index (κ2) is 7.24. The highest BCUT2D eigenvalue weighted by Gasteiger charge is 2.28. The number of nitrogens with one attached hydrogen (secondary N) is 1. The van der Waals surface area contributed by atoms with Gasteiger partial charge in [-0.2, -0.15) is 0 Å². The number of rotatable bonds is 5. The van der Waals surface area contributed by atoms with Gasteiger partial charge in [0.1, 0.15) is 0 Å². The number of carbonyl (C=O) groups is 1. The van der Waals surface area contributed by atoms with Crippen molar-refractivity contribution in [1.29, 1.82) is 0 Å². The number of hydrogen-bond acceptors (Lipinski definition) is 4. The van der Waals surface area contributed by atoms with Crippen LogP contribution in [0.25, 0.3) is 0 Å². The normalized spacial score (nSPS) is 18.0. The molecule has 1 fully saturated rings. The summed E-state index contributed by atoms with van der Waals surface area (Å²) in [6.07, 6.45) is 0.837. The molecular formula is C18H21N3O2. The second-order valence-corrected chi connectivity index (χ2v) is 5.67. The third-order valence-electron chi connectivity index (χ3n) is 4.05. The average Bonchev–Trinajstić information content (AvgIpc) is 2.59. The van der Waals surface area contributed by atoms with Gasteiger partial charge in [-0.15, -0.1) is 0 Å². The summed E-state index contributed by atoms with van der Waals surface area (Å²) in [5, 5.41) is 3.21. The Kier molecular flexibility index (Phi) is 4.88. The number of methoxy groups -OCH3 is 1. The fourth-order valence-electron chi connectivity index (χ4n) is 2.88. The molecule has 1 aromatic heterocycles. The fourth-order valence-corrected chi connectivity index (χ4v) is 2.88. The van der Waals surface area contributed by atoms with Gasteiger partial charge in [0.2, 0.25) is 11.8 Å². The molecular weight excluding hydrogens is 290 g/mol. The van der Waals surface area contributed by atoms with Crippen LogP contribution in [0, 0.1) is 0 Å². The van der Waals surface area contributed by atoms with Gasteiger partial charge in [0.25, 0.3) is 0 Å². The monoisotopic (exact) mass is 311 g/mol. The molecule has 0 unspecified atom stereocenters. The Morgan fingerprint density at radius 1 is 1.22 bits per heavy atom. The molecule has 0 bridgehead atoms. The summed E-state index contributed by atoms with van der Waals surface area (Å²) in [5.41, 5.74) is 2.08. The van der Waals surface area contributed by atoms with Gasteiger partial charge in [-0.05, 0) is 18.1 Å². The highest BCUT2D eigenvalue weighted by Crippen LogP contribution is 2.16. The van der Waals surface area contributed by atoms with E-state index in [4.69, 9.17) is 4.74 Å². The van der Waals surface area contributed by atoms with E-state index < -0.39 is 0 Å². The summed E-state index contributed by atoms with van der Waals surface area (Å²) in [7, 11) is 1.60. The lowest BCUT2D eigenvalue weighted by molar-refractivity contribution is -0.135. The van der Waals surface area contributed by atoms with Gasteiger partial charge in [0, 0.05) is 18.7 Å². The standard InChI is InChI=1S/C18H21N3O2/c1-23-17-9-5-8-15(20-17)13-21-16(11-19-12-18(21)22)10-14-6-3-2-4-7-14/h2-9,16,19H,10-13H2,1H3/t16-/m0/s1. The summed E-state index contributed by atoms with van der Waals surface area (Å²) >= 11 is 0. The first-order valence-electron chi connectivity index (χ1n) is 7.80. The summed E-state index contributed by atoms with van der Waals surface area (Å²) in [6.45, 7) is 1.69. The van der Waals surface area contributed by atoms with Crippen molar-refractivity contribution in [2.75, 3.05) is 20.2 Å². The first kappa shape index (κ1) is 15.5. The minimum atomic E-state index is 0.113. The highest BCUT2D eigenvalue weighted by molar-refractivity contribution is 5.79. The Labute approximate surface area is 136 Å². The highest BCUT2D eigenvalue weighted by atomic mass is 16.5. The van der Waals surface area contributed by atoms with E-state index in [-0.39, 0.29) is 11.9 Å². The number of hydrogen-bond donors (Lipinski definition) is 1. The maximum atomic E-state index is 12.4. The molecule has 3 rings (SSSR count). The Balaban J connectivity index is 1.76. The number of piperazine rings is 1. The third kappa shape index (κ3) is 3.87. The molecule has 0 radical (unpaired) electrons. The molecule has 2 heterocycles. The molecule has 5 heteroatoms. The largest absolute Gasteiger partial charge is 0.481 e. The molecule has 1 atom stereocenters. The van der Waals surface area contributed by atoms with Crippen LogP contribution in [0.3, 0.4) is 0 Å². The van der Waals surface area contributed by atoms with Crippen LogP contribution in [0.1, 0.15) is 11.3 Å². The first-order chi connectivity index (χ1) is 11.3. The summed E-state index contributed by atoms with van der Waals surface area (Å²) in [5.74, 6) is 0.687. The number of aromatic nitrogens is 1. The summed E-state index contributed by atoms with van der Waals surface area (Å²) < 4.78 is 5.17. The maximum Gasteiger partial charge on any atom is 0.237 e. The van der Waals surface area contributed by atoms with Crippen molar-refractivity contribution >= 4 is 5.91 Å². The lowest BCUT2D eigenvalue weighted by Gasteiger charge is -2.36. The molecule has 1 aliphatic heterocycles. The summed E-state index contributed by atoms with van der Waals surface area (Å²) in [6, 6.07) is 16.0. The zero-order valence-electron chi connectivity index (χ0n) is 13.2. The maximum absolute atomic E-state index is 12.4. The Bertz CT molecular complexity index is 660. The molecule has 120 valence electrons. The molecule has 1 aliphatic rings. The van der Waals surface area contributed by atoms with Crippen molar-refractivity contribution in [3.8, 4) is 5.88 Å². The van der Waals surface area contributed by atoms with E-state index in [0.29, 0.717) is 19.0 Å². The summed E-state index contributed by atoms with van der Waals surface area (Å²) in [4.78, 5) is 18.7. The van der Waals surface area contributed by atoms with E-state index >= 15 is 0 Å². The molecule has 0 aliphatic carbocycles. The van der Waals surface area contributed by atoms with E-state index in [1.165, 1.54) is 5.56 Å². The second-order valence-electron chi connectivity index (χ2n) is 5.67. The smallest absolute Gasteiger partial charge is 0.237 e. The van der Waals surface area contributed by atoms with E-state index in [0.717, 1.165) is 18.7 Å². The van der Waals surface area contributed by atoms with Crippen LogP contribution in [-0.4, -0.2) is 42.0 Å². The number of benzene rings is 1. The number of amides is 1. The Morgan fingerprint density at radius 3 is 2.83 bits per heavy atom. The van der Waals surface area contributed by atoms with Crippen LogP contribution in [-0.2, 0) is 17.8 Å². The van der Waals surface area contributed by atoms with Crippen LogP contribution in [0.15, 0.2) is 48.5 Å². The van der Waals surface area contributed by atoms with Gasteiger partial charge >= 0.3 is 0 Å². The van der Waals surface area contributed by atoms with Gasteiger partial charge in [-0.1, -0.05) is 36.4 Å². The molecule has 1 saturated heterocycles. The third-order valence-corrected chi connectivity index (χ3v) is 4.05. The molecule has 23 heavy (non-hydrogen) atoms. The van der Waals surface area contributed by atoms with Gasteiger partial charge in [0.05, 0.1) is 25.9 Å². The van der Waals surface area contributed by atoms with E-state index in [1.807, 2.05) is 41.3 Å². The van der Waals surface area contributed by atoms with Crippen LogP contribution < -0.4 is 10.1 Å². The van der Waals surface area contributed by atoms with Crippen molar-refractivity contribution < 1.29 is 9.53 Å². The molecule has 0 saturated carbocycles. The topological polar surface area (TPSA) is 54.5 Å². The lowest BCUT2D eigenvalue weighted by atomic mass is 10.0. The molecule has 1 amide bonds. The van der Waals surface area contributed by atoms with Gasteiger partial charge in [-0.3, -0.25) is 4.79 Å². The fraction of sp³-hybridized carbons (Fsp3) is 0.333. The predicted octanol–water partition coefficient (Wildman–Crippen LogP) is 1.63. The van der Waals surface area contributed by atoms with Crippen molar-refractivity contribution in [3.05, 3.63) is 59.8 Å². The molecule has 1 N–H and O–H groups in total. The zero-order chi connectivity index (χ0) is 16.1. The van der Waals surface area contributed by atoms with Gasteiger partial charge < -0.3 is 15.0 Å². The Hall–Kier alpha value is -2.40. The van der Waals surface area contributed by atoms with Gasteiger partial charge in [0.15, 0.2) is 0 Å². The molecule has 1 aromatic carbocycles. The van der Waals surface area contributed by atoms with Crippen LogP contribution in [0.2, 0.25) is 0 Å². The number of ether oxygens (including phenoxy) is 1. The van der Waals surface area contributed by atoms with E-state index in [9.17, 15) is 4.79 Å². The predicted molar refractivity (Wildman–Crippen MR) is 88.1 cm³/mol. The number of pyridine rings is 1. The van der Waals surface area contributed by atoms with E-state index in [2.05, 4.69) is 22.4 Å². The van der Waals surface area contributed by atoms with Crippen molar-refractivity contribution in [1.82, 2.24) is 15.2 Å². The average molecular weight is 311 g/mol. The molecule has 0 spiro atoms. The quantitative estimate of drug-likeness (QED) is 0.912. The van der Waals surface area contributed by atoms with Crippen LogP contribution >= 0.6 is 0 Å². The Morgan fingerprint density at radius 2 is 2.04 bits per heavy atom.